The van der Waals surface area contributed by atoms with Gasteiger partial charge in [0.1, 0.15) is 0 Å². The first-order valence-electron chi connectivity index (χ1n) is 7.98. The van der Waals surface area contributed by atoms with Crippen molar-refractivity contribution in [1.29, 1.82) is 0 Å². The number of aromatic nitrogens is 1. The Morgan fingerprint density at radius 2 is 1.95 bits per heavy atom. The normalized spacial score (nSPS) is 18.3. The van der Waals surface area contributed by atoms with Gasteiger partial charge < -0.3 is 15.0 Å². The molecule has 0 aliphatic carbocycles. The van der Waals surface area contributed by atoms with Crippen LogP contribution in [-0.2, 0) is 11.3 Å². The zero-order valence-electron chi connectivity index (χ0n) is 13.6. The maximum absolute atomic E-state index is 5.58. The Hall–Kier alpha value is -0.970. The van der Waals surface area contributed by atoms with Crippen molar-refractivity contribution in [3.63, 3.8) is 0 Å². The molecule has 4 nitrogen and oxygen atoms in total. The van der Waals surface area contributed by atoms with Gasteiger partial charge in [0.25, 0.3) is 0 Å². The average Bonchev–Trinajstić information content (AvgIpc) is 2.47. The van der Waals surface area contributed by atoms with Gasteiger partial charge in [-0.1, -0.05) is 13.8 Å². The molecular weight excluding hydrogens is 262 g/mol. The quantitative estimate of drug-likeness (QED) is 0.836. The topological polar surface area (TPSA) is 37.4 Å². The Kier molecular flexibility index (Phi) is 6.15. The molecule has 0 bridgehead atoms. The van der Waals surface area contributed by atoms with E-state index in [0.717, 1.165) is 45.7 Å². The lowest BCUT2D eigenvalue weighted by Gasteiger charge is -2.40. The molecule has 1 saturated heterocycles. The highest BCUT2D eigenvalue weighted by atomic mass is 16.5. The summed E-state index contributed by atoms with van der Waals surface area (Å²) in [6, 6.07) is 4.73. The van der Waals surface area contributed by atoms with Crippen LogP contribution in [0.4, 0.5) is 0 Å². The van der Waals surface area contributed by atoms with Crippen LogP contribution in [0.2, 0.25) is 0 Å². The summed E-state index contributed by atoms with van der Waals surface area (Å²) in [6.45, 7) is 9.38. The summed E-state index contributed by atoms with van der Waals surface area (Å²) in [5.74, 6) is 0. The van der Waals surface area contributed by atoms with Gasteiger partial charge >= 0.3 is 0 Å². The van der Waals surface area contributed by atoms with Crippen molar-refractivity contribution in [3.05, 3.63) is 30.1 Å². The standard InChI is InChI=1S/C17H29N3O/c1-15(2)19-13-17(6-10-21-11-7-17)14-20(3)12-16-4-8-18-9-5-16/h4-5,8-9,15,19H,6-7,10-14H2,1-3H3. The smallest absolute Gasteiger partial charge is 0.0472 e. The number of rotatable bonds is 7. The van der Waals surface area contributed by atoms with E-state index in [-0.39, 0.29) is 0 Å². The summed E-state index contributed by atoms with van der Waals surface area (Å²) >= 11 is 0. The van der Waals surface area contributed by atoms with E-state index in [0.29, 0.717) is 11.5 Å². The van der Waals surface area contributed by atoms with Crippen LogP contribution in [0.15, 0.2) is 24.5 Å². The second-order valence-electron chi connectivity index (χ2n) is 6.68. The van der Waals surface area contributed by atoms with E-state index in [4.69, 9.17) is 4.74 Å². The van der Waals surface area contributed by atoms with Crippen molar-refractivity contribution in [1.82, 2.24) is 15.2 Å². The number of nitrogens with zero attached hydrogens (tertiary/aromatic N) is 2. The zero-order valence-corrected chi connectivity index (χ0v) is 13.6. The molecule has 0 saturated carbocycles. The molecule has 21 heavy (non-hydrogen) atoms. The summed E-state index contributed by atoms with van der Waals surface area (Å²) in [4.78, 5) is 6.52. The number of ether oxygens (including phenoxy) is 1. The van der Waals surface area contributed by atoms with E-state index in [1.54, 1.807) is 0 Å². The van der Waals surface area contributed by atoms with Crippen molar-refractivity contribution >= 4 is 0 Å². The highest BCUT2D eigenvalue weighted by molar-refractivity contribution is 5.09. The minimum atomic E-state index is 0.338. The highest BCUT2D eigenvalue weighted by Crippen LogP contribution is 2.31. The summed E-state index contributed by atoms with van der Waals surface area (Å²) in [7, 11) is 2.22. The summed E-state index contributed by atoms with van der Waals surface area (Å²) in [5, 5.41) is 3.63. The van der Waals surface area contributed by atoms with E-state index >= 15 is 0 Å². The van der Waals surface area contributed by atoms with Gasteiger partial charge in [-0.3, -0.25) is 4.98 Å². The van der Waals surface area contributed by atoms with E-state index in [1.165, 1.54) is 5.56 Å². The highest BCUT2D eigenvalue weighted by Gasteiger charge is 2.33. The van der Waals surface area contributed by atoms with Crippen molar-refractivity contribution in [2.75, 3.05) is 33.4 Å². The fraction of sp³-hybridized carbons (Fsp3) is 0.706. The van der Waals surface area contributed by atoms with E-state index in [1.807, 2.05) is 12.4 Å². The third-order valence-electron chi connectivity index (χ3n) is 4.25. The van der Waals surface area contributed by atoms with Gasteiger partial charge in [-0.2, -0.15) is 0 Å². The van der Waals surface area contributed by atoms with Gasteiger partial charge in [-0.25, -0.2) is 0 Å². The lowest BCUT2D eigenvalue weighted by molar-refractivity contribution is -0.00248. The lowest BCUT2D eigenvalue weighted by atomic mass is 9.79. The van der Waals surface area contributed by atoms with Crippen molar-refractivity contribution in [2.45, 2.75) is 39.3 Å². The molecule has 2 rings (SSSR count). The average molecular weight is 291 g/mol. The first-order valence-corrected chi connectivity index (χ1v) is 7.98. The van der Waals surface area contributed by atoms with Crippen LogP contribution < -0.4 is 5.32 Å². The summed E-state index contributed by atoms with van der Waals surface area (Å²) < 4.78 is 5.58. The van der Waals surface area contributed by atoms with Crippen LogP contribution in [0, 0.1) is 5.41 Å². The van der Waals surface area contributed by atoms with Gasteiger partial charge in [0.05, 0.1) is 0 Å². The molecule has 0 unspecified atom stereocenters. The zero-order chi connectivity index (χ0) is 15.1. The molecule has 1 aliphatic heterocycles. The molecule has 0 radical (unpaired) electrons. The van der Waals surface area contributed by atoms with Gasteiger partial charge in [-0.05, 0) is 43.0 Å². The van der Waals surface area contributed by atoms with E-state index in [2.05, 4.69) is 48.2 Å². The van der Waals surface area contributed by atoms with E-state index < -0.39 is 0 Å². The minimum Gasteiger partial charge on any atom is -0.381 e. The molecule has 0 aromatic carbocycles. The second kappa shape index (κ2) is 7.87. The predicted octanol–water partition coefficient (Wildman–Crippen LogP) is 2.31. The number of hydrogen-bond acceptors (Lipinski definition) is 4. The fourth-order valence-electron chi connectivity index (χ4n) is 3.04. The summed E-state index contributed by atoms with van der Waals surface area (Å²) in [5.41, 5.74) is 1.66. The van der Waals surface area contributed by atoms with E-state index in [9.17, 15) is 0 Å². The molecule has 0 amide bonds. The maximum atomic E-state index is 5.58. The van der Waals surface area contributed by atoms with Crippen molar-refractivity contribution in [2.24, 2.45) is 5.41 Å². The Balaban J connectivity index is 1.93. The molecule has 118 valence electrons. The Bertz CT molecular complexity index is 402. The van der Waals surface area contributed by atoms with Crippen LogP contribution >= 0.6 is 0 Å². The van der Waals surface area contributed by atoms with Crippen LogP contribution in [0.25, 0.3) is 0 Å². The van der Waals surface area contributed by atoms with Crippen LogP contribution in [-0.4, -0.2) is 49.3 Å². The molecule has 1 fully saturated rings. The molecular formula is C17H29N3O. The molecule has 1 N–H and O–H groups in total. The number of pyridine rings is 1. The Labute approximate surface area is 128 Å². The molecule has 0 atom stereocenters. The molecule has 1 aromatic rings. The van der Waals surface area contributed by atoms with Crippen LogP contribution in [0.5, 0.6) is 0 Å². The first kappa shape index (κ1) is 16.4. The largest absolute Gasteiger partial charge is 0.381 e. The van der Waals surface area contributed by atoms with Crippen LogP contribution in [0.3, 0.4) is 0 Å². The molecule has 2 heterocycles. The van der Waals surface area contributed by atoms with Crippen molar-refractivity contribution < 1.29 is 4.74 Å². The Morgan fingerprint density at radius 1 is 1.29 bits per heavy atom. The monoisotopic (exact) mass is 291 g/mol. The van der Waals surface area contributed by atoms with Crippen molar-refractivity contribution in [3.8, 4) is 0 Å². The predicted molar refractivity (Wildman–Crippen MR) is 86.2 cm³/mol. The number of hydrogen-bond donors (Lipinski definition) is 1. The summed E-state index contributed by atoms with van der Waals surface area (Å²) in [6.07, 6.45) is 6.03. The van der Waals surface area contributed by atoms with Gasteiger partial charge in [0.15, 0.2) is 0 Å². The third kappa shape index (κ3) is 5.38. The van der Waals surface area contributed by atoms with Crippen LogP contribution in [0.1, 0.15) is 32.3 Å². The van der Waals surface area contributed by atoms with Gasteiger partial charge in [0, 0.05) is 51.3 Å². The minimum absolute atomic E-state index is 0.338. The fourth-order valence-corrected chi connectivity index (χ4v) is 3.04. The second-order valence-corrected chi connectivity index (χ2v) is 6.68. The van der Waals surface area contributed by atoms with Gasteiger partial charge in [0.2, 0.25) is 0 Å². The SMILES string of the molecule is CC(C)NCC1(CN(C)Cc2ccncc2)CCOCC1. The third-order valence-corrected chi connectivity index (χ3v) is 4.25. The molecule has 4 heteroatoms. The molecule has 1 aliphatic rings. The molecule has 1 aromatic heterocycles. The molecule has 0 spiro atoms. The van der Waals surface area contributed by atoms with Gasteiger partial charge in [-0.15, -0.1) is 0 Å². The first-order chi connectivity index (χ1) is 10.1. The number of nitrogens with one attached hydrogen (secondary N) is 1. The Morgan fingerprint density at radius 3 is 2.57 bits per heavy atom. The maximum Gasteiger partial charge on any atom is 0.0472 e. The lowest BCUT2D eigenvalue weighted by Crippen LogP contribution is -2.47.